The molecular formula is C20H21Br. The number of hydrogen-bond donors (Lipinski definition) is 0. The Morgan fingerprint density at radius 2 is 1.86 bits per heavy atom. The Labute approximate surface area is 136 Å². The maximum atomic E-state index is 3.59. The van der Waals surface area contributed by atoms with Crippen LogP contribution >= 0.6 is 15.9 Å². The Balaban J connectivity index is 2.04. The first-order chi connectivity index (χ1) is 10.2. The largest absolute Gasteiger partial charge is 0.0691 e. The molecule has 1 heteroatoms. The third-order valence-electron chi connectivity index (χ3n) is 4.38. The van der Waals surface area contributed by atoms with E-state index in [0.717, 1.165) is 4.47 Å². The van der Waals surface area contributed by atoms with Crippen molar-refractivity contribution in [3.63, 3.8) is 0 Å². The second-order valence-electron chi connectivity index (χ2n) is 5.86. The van der Waals surface area contributed by atoms with Gasteiger partial charge < -0.3 is 0 Å². The lowest BCUT2D eigenvalue weighted by molar-refractivity contribution is 0.784. The predicted molar refractivity (Wildman–Crippen MR) is 94.7 cm³/mol. The molecule has 3 rings (SSSR count). The summed E-state index contributed by atoms with van der Waals surface area (Å²) in [5.41, 5.74) is 7.21. The number of fused-ring (bicyclic) bond motifs is 1. The van der Waals surface area contributed by atoms with Crippen LogP contribution in [0.1, 0.15) is 54.9 Å². The number of benzene rings is 2. The van der Waals surface area contributed by atoms with Crippen LogP contribution in [-0.4, -0.2) is 0 Å². The Hall–Kier alpha value is -1.34. The van der Waals surface area contributed by atoms with E-state index in [0.29, 0.717) is 5.92 Å². The van der Waals surface area contributed by atoms with Gasteiger partial charge in [0.25, 0.3) is 0 Å². The first kappa shape index (κ1) is 14.6. The van der Waals surface area contributed by atoms with Gasteiger partial charge in [-0.1, -0.05) is 65.7 Å². The summed E-state index contributed by atoms with van der Waals surface area (Å²) in [4.78, 5) is 0. The number of hydrogen-bond acceptors (Lipinski definition) is 0. The summed E-state index contributed by atoms with van der Waals surface area (Å²) in [6, 6.07) is 15.6. The number of aryl methyl sites for hydroxylation is 1. The predicted octanol–water partition coefficient (Wildman–Crippen LogP) is 6.34. The van der Waals surface area contributed by atoms with Gasteiger partial charge in [0.15, 0.2) is 0 Å². The third kappa shape index (κ3) is 2.85. The molecule has 1 unspecified atom stereocenters. The summed E-state index contributed by atoms with van der Waals surface area (Å²) < 4.78 is 1.16. The quantitative estimate of drug-likeness (QED) is 0.609. The van der Waals surface area contributed by atoms with Crippen molar-refractivity contribution in [2.24, 2.45) is 0 Å². The van der Waals surface area contributed by atoms with Gasteiger partial charge in [0, 0.05) is 10.4 Å². The van der Waals surface area contributed by atoms with E-state index in [1.807, 2.05) is 0 Å². The van der Waals surface area contributed by atoms with Crippen LogP contribution in [0.15, 0.2) is 53.0 Å². The summed E-state index contributed by atoms with van der Waals surface area (Å²) in [5, 5.41) is 0. The highest BCUT2D eigenvalue weighted by atomic mass is 79.9. The molecule has 0 nitrogen and oxygen atoms in total. The number of allylic oxidation sites excluding steroid dienone is 2. The minimum atomic E-state index is 0.418. The minimum absolute atomic E-state index is 0.418. The van der Waals surface area contributed by atoms with Crippen molar-refractivity contribution in [2.45, 2.75) is 39.0 Å². The Kier molecular flexibility index (Phi) is 4.30. The molecule has 0 spiro atoms. The monoisotopic (exact) mass is 340 g/mol. The van der Waals surface area contributed by atoms with Crippen LogP contribution in [0.2, 0.25) is 0 Å². The van der Waals surface area contributed by atoms with Crippen molar-refractivity contribution >= 4 is 21.5 Å². The summed E-state index contributed by atoms with van der Waals surface area (Å²) in [5.74, 6) is 0.418. The normalized spacial score (nSPS) is 16.7. The van der Waals surface area contributed by atoms with Crippen LogP contribution in [0.3, 0.4) is 0 Å². The fourth-order valence-electron chi connectivity index (χ4n) is 3.26. The smallest absolute Gasteiger partial charge is 0.0284 e. The molecule has 0 amide bonds. The molecule has 0 aliphatic heterocycles. The fraction of sp³-hybridized carbons (Fsp3) is 0.300. The van der Waals surface area contributed by atoms with Crippen molar-refractivity contribution in [2.75, 3.05) is 0 Å². The molecule has 1 aliphatic carbocycles. The molecule has 0 heterocycles. The molecule has 0 saturated heterocycles. The molecule has 108 valence electrons. The maximum absolute atomic E-state index is 3.59. The number of unbranched alkanes of at least 4 members (excludes halogenated alkanes) is 1. The summed E-state index contributed by atoms with van der Waals surface area (Å²) in [6.07, 6.45) is 6.11. The van der Waals surface area contributed by atoms with Crippen molar-refractivity contribution < 1.29 is 0 Å². The molecule has 0 fully saturated rings. The number of halogens is 1. The second-order valence-corrected chi connectivity index (χ2v) is 6.78. The molecular weight excluding hydrogens is 320 g/mol. The molecule has 0 aromatic heterocycles. The molecule has 0 bridgehead atoms. The molecule has 0 radical (unpaired) electrons. The van der Waals surface area contributed by atoms with Crippen LogP contribution < -0.4 is 0 Å². The molecule has 0 saturated carbocycles. The van der Waals surface area contributed by atoms with Gasteiger partial charge in [-0.3, -0.25) is 0 Å². The second kappa shape index (κ2) is 6.19. The molecule has 2 aromatic carbocycles. The van der Waals surface area contributed by atoms with Gasteiger partial charge >= 0.3 is 0 Å². The molecule has 1 atom stereocenters. The van der Waals surface area contributed by atoms with E-state index in [4.69, 9.17) is 0 Å². The average molecular weight is 341 g/mol. The lowest BCUT2D eigenvalue weighted by Crippen LogP contribution is -2.01. The van der Waals surface area contributed by atoms with Crippen molar-refractivity contribution in [1.82, 2.24) is 0 Å². The van der Waals surface area contributed by atoms with Gasteiger partial charge in [-0.05, 0) is 59.7 Å². The van der Waals surface area contributed by atoms with Gasteiger partial charge in [-0.15, -0.1) is 0 Å². The highest BCUT2D eigenvalue weighted by Gasteiger charge is 2.24. The van der Waals surface area contributed by atoms with Crippen LogP contribution in [-0.2, 0) is 6.42 Å². The first-order valence-corrected chi connectivity index (χ1v) is 8.56. The van der Waals surface area contributed by atoms with Gasteiger partial charge in [0.1, 0.15) is 0 Å². The van der Waals surface area contributed by atoms with Crippen molar-refractivity contribution in [3.8, 4) is 0 Å². The zero-order valence-electron chi connectivity index (χ0n) is 12.7. The van der Waals surface area contributed by atoms with Crippen LogP contribution in [0.25, 0.3) is 5.57 Å². The molecule has 1 aliphatic rings. The van der Waals surface area contributed by atoms with E-state index < -0.39 is 0 Å². The minimum Gasteiger partial charge on any atom is -0.0691 e. The van der Waals surface area contributed by atoms with Crippen LogP contribution in [0.5, 0.6) is 0 Å². The van der Waals surface area contributed by atoms with Gasteiger partial charge in [0.05, 0.1) is 0 Å². The van der Waals surface area contributed by atoms with E-state index in [-0.39, 0.29) is 0 Å². The summed E-state index contributed by atoms with van der Waals surface area (Å²) in [6.45, 7) is 4.48. The molecule has 21 heavy (non-hydrogen) atoms. The molecule has 2 aromatic rings. The number of rotatable bonds is 4. The van der Waals surface area contributed by atoms with Crippen LogP contribution in [0.4, 0.5) is 0 Å². The van der Waals surface area contributed by atoms with Crippen LogP contribution in [0, 0.1) is 0 Å². The lowest BCUT2D eigenvalue weighted by Gasteiger charge is -2.16. The topological polar surface area (TPSA) is 0 Å². The zero-order valence-corrected chi connectivity index (χ0v) is 14.3. The standard InChI is InChI=1S/C20H21Br/c1-3-4-7-15-8-5-6-9-17(15)20-12-14(2)19-13-16(21)10-11-18(19)20/h5-6,8-13,20H,3-4,7H2,1-2H3. The maximum Gasteiger partial charge on any atom is 0.0284 e. The SMILES string of the molecule is CCCCc1ccccc1C1C=C(C)c2cc(Br)ccc21. The zero-order chi connectivity index (χ0) is 14.8. The first-order valence-electron chi connectivity index (χ1n) is 7.76. The highest BCUT2D eigenvalue weighted by Crippen LogP contribution is 2.42. The Morgan fingerprint density at radius 3 is 2.67 bits per heavy atom. The molecule has 0 N–H and O–H groups in total. The lowest BCUT2D eigenvalue weighted by atomic mass is 9.88. The average Bonchev–Trinajstić information content (AvgIpc) is 2.82. The fourth-order valence-corrected chi connectivity index (χ4v) is 3.62. The van der Waals surface area contributed by atoms with E-state index in [2.05, 4.69) is 78.3 Å². The Bertz CT molecular complexity index is 682. The third-order valence-corrected chi connectivity index (χ3v) is 4.87. The van der Waals surface area contributed by atoms with Gasteiger partial charge in [-0.25, -0.2) is 0 Å². The summed E-state index contributed by atoms with van der Waals surface area (Å²) in [7, 11) is 0. The summed E-state index contributed by atoms with van der Waals surface area (Å²) >= 11 is 3.59. The van der Waals surface area contributed by atoms with E-state index in [9.17, 15) is 0 Å². The highest BCUT2D eigenvalue weighted by molar-refractivity contribution is 9.10. The van der Waals surface area contributed by atoms with E-state index >= 15 is 0 Å². The van der Waals surface area contributed by atoms with Gasteiger partial charge in [-0.2, -0.15) is 0 Å². The van der Waals surface area contributed by atoms with Crippen molar-refractivity contribution in [1.29, 1.82) is 0 Å². The Morgan fingerprint density at radius 1 is 1.05 bits per heavy atom. The van der Waals surface area contributed by atoms with E-state index in [1.54, 1.807) is 0 Å². The van der Waals surface area contributed by atoms with Crippen molar-refractivity contribution in [3.05, 3.63) is 75.3 Å². The van der Waals surface area contributed by atoms with E-state index in [1.165, 1.54) is 47.1 Å². The van der Waals surface area contributed by atoms with Gasteiger partial charge in [0.2, 0.25) is 0 Å².